The highest BCUT2D eigenvalue weighted by atomic mass is 32.2. The van der Waals surface area contributed by atoms with Crippen LogP contribution < -0.4 is 10.0 Å². The predicted octanol–water partition coefficient (Wildman–Crippen LogP) is 1.71. The lowest BCUT2D eigenvalue weighted by Crippen LogP contribution is -2.51. The number of aliphatic hydroxyl groups excluding tert-OH is 1. The number of rotatable bonds is 8. The van der Waals surface area contributed by atoms with Gasteiger partial charge in [0.25, 0.3) is 0 Å². The average molecular weight is 429 g/mol. The van der Waals surface area contributed by atoms with E-state index in [1.54, 1.807) is 0 Å². The summed E-state index contributed by atoms with van der Waals surface area (Å²) in [6.45, 7) is 0.166. The molecule has 1 heterocycles. The monoisotopic (exact) mass is 428 g/mol. The molecule has 162 valence electrons. The van der Waals surface area contributed by atoms with E-state index in [-0.39, 0.29) is 29.4 Å². The number of carbonyl (C=O) groups is 1. The molecule has 29 heavy (non-hydrogen) atoms. The lowest BCUT2D eigenvalue weighted by Gasteiger charge is -2.36. The highest BCUT2D eigenvalue weighted by molar-refractivity contribution is 7.89. The molecule has 2 fully saturated rings. The SMILES string of the molecule is O=C(NCC[C@H]1CC[C@@H](NS(=O)(=O)c2cccc(F)c2)[C@@H](CO)O1)C1CCCC1. The summed E-state index contributed by atoms with van der Waals surface area (Å²) in [6.07, 6.45) is 4.96. The summed E-state index contributed by atoms with van der Waals surface area (Å²) < 4.78 is 46.8. The van der Waals surface area contributed by atoms with Crippen molar-refractivity contribution in [2.45, 2.75) is 68.1 Å². The van der Waals surface area contributed by atoms with Gasteiger partial charge in [0.2, 0.25) is 15.9 Å². The van der Waals surface area contributed by atoms with Crippen LogP contribution in [0.1, 0.15) is 44.9 Å². The molecule has 0 bridgehead atoms. The minimum absolute atomic E-state index is 0.0951. The van der Waals surface area contributed by atoms with Crippen molar-refractivity contribution >= 4 is 15.9 Å². The van der Waals surface area contributed by atoms with Gasteiger partial charge >= 0.3 is 0 Å². The van der Waals surface area contributed by atoms with Gasteiger partial charge in [0, 0.05) is 12.5 Å². The number of sulfonamides is 1. The molecule has 1 saturated heterocycles. The van der Waals surface area contributed by atoms with Crippen molar-refractivity contribution < 1.29 is 27.4 Å². The van der Waals surface area contributed by atoms with Crippen LogP contribution in [0.5, 0.6) is 0 Å². The zero-order valence-electron chi connectivity index (χ0n) is 16.3. The van der Waals surface area contributed by atoms with E-state index in [9.17, 15) is 22.7 Å². The second-order valence-electron chi connectivity index (χ2n) is 7.80. The third-order valence-electron chi connectivity index (χ3n) is 5.70. The number of hydrogen-bond donors (Lipinski definition) is 3. The molecule has 2 aliphatic rings. The third-order valence-corrected chi connectivity index (χ3v) is 7.19. The fourth-order valence-electron chi connectivity index (χ4n) is 4.07. The molecule has 1 aromatic rings. The number of amides is 1. The first-order valence-corrected chi connectivity index (χ1v) is 11.7. The predicted molar refractivity (Wildman–Crippen MR) is 105 cm³/mol. The molecular weight excluding hydrogens is 399 g/mol. The second-order valence-corrected chi connectivity index (χ2v) is 9.52. The Morgan fingerprint density at radius 3 is 2.66 bits per heavy atom. The van der Waals surface area contributed by atoms with E-state index in [0.29, 0.717) is 25.8 Å². The Morgan fingerprint density at radius 1 is 1.21 bits per heavy atom. The van der Waals surface area contributed by atoms with Crippen LogP contribution in [0.2, 0.25) is 0 Å². The minimum atomic E-state index is -3.92. The standard InChI is InChI=1S/C20H29FN2O5S/c21-15-6-3-7-17(12-15)29(26,27)23-18-9-8-16(28-19(18)13-24)10-11-22-20(25)14-4-1-2-5-14/h3,6-7,12,14,16,18-19,23-24H,1-2,4-5,8-11,13H2,(H,22,25)/t16-,18-,19-/m1/s1. The van der Waals surface area contributed by atoms with Crippen LogP contribution in [0.4, 0.5) is 4.39 Å². The second kappa shape index (κ2) is 9.97. The van der Waals surface area contributed by atoms with Crippen molar-refractivity contribution in [2.24, 2.45) is 5.92 Å². The molecule has 1 aliphatic heterocycles. The van der Waals surface area contributed by atoms with E-state index in [1.807, 2.05) is 0 Å². The Hall–Kier alpha value is -1.55. The summed E-state index contributed by atoms with van der Waals surface area (Å²) in [4.78, 5) is 11.9. The van der Waals surface area contributed by atoms with Crippen molar-refractivity contribution in [1.82, 2.24) is 10.0 Å². The van der Waals surface area contributed by atoms with E-state index in [0.717, 1.165) is 31.7 Å². The van der Waals surface area contributed by atoms with Gasteiger partial charge in [0.1, 0.15) is 5.82 Å². The van der Waals surface area contributed by atoms with Crippen LogP contribution in [0.25, 0.3) is 0 Å². The van der Waals surface area contributed by atoms with Gasteiger partial charge in [-0.3, -0.25) is 4.79 Å². The largest absolute Gasteiger partial charge is 0.394 e. The summed E-state index contributed by atoms with van der Waals surface area (Å²) >= 11 is 0. The molecule has 0 aromatic heterocycles. The van der Waals surface area contributed by atoms with Crippen LogP contribution in [-0.2, 0) is 19.6 Å². The Balaban J connectivity index is 1.49. The number of halogens is 1. The molecule has 9 heteroatoms. The number of aliphatic hydroxyl groups is 1. The first-order valence-electron chi connectivity index (χ1n) is 10.2. The zero-order valence-corrected chi connectivity index (χ0v) is 17.2. The number of hydrogen-bond acceptors (Lipinski definition) is 5. The summed E-state index contributed by atoms with van der Waals surface area (Å²) in [7, 11) is -3.92. The number of nitrogens with one attached hydrogen (secondary N) is 2. The molecule has 7 nitrogen and oxygen atoms in total. The minimum Gasteiger partial charge on any atom is -0.394 e. The van der Waals surface area contributed by atoms with Gasteiger partial charge in [-0.15, -0.1) is 0 Å². The maximum Gasteiger partial charge on any atom is 0.241 e. The van der Waals surface area contributed by atoms with Gasteiger partial charge in [-0.2, -0.15) is 0 Å². The van der Waals surface area contributed by atoms with Gasteiger partial charge in [0.15, 0.2) is 0 Å². The molecular formula is C20H29FN2O5S. The van der Waals surface area contributed by atoms with E-state index in [2.05, 4.69) is 10.0 Å². The van der Waals surface area contributed by atoms with Gasteiger partial charge in [-0.25, -0.2) is 17.5 Å². The first kappa shape index (κ1) is 22.1. The normalized spacial score (nSPS) is 25.8. The van der Waals surface area contributed by atoms with Crippen LogP contribution in [0.15, 0.2) is 29.2 Å². The Bertz CT molecular complexity index is 798. The number of benzene rings is 1. The van der Waals surface area contributed by atoms with E-state index in [4.69, 9.17) is 4.74 Å². The van der Waals surface area contributed by atoms with Gasteiger partial charge in [-0.05, 0) is 50.3 Å². The highest BCUT2D eigenvalue weighted by Gasteiger charge is 2.34. The van der Waals surface area contributed by atoms with Crippen LogP contribution >= 0.6 is 0 Å². The zero-order chi connectivity index (χ0) is 20.9. The summed E-state index contributed by atoms with van der Waals surface area (Å²) in [6, 6.07) is 4.18. The summed E-state index contributed by atoms with van der Waals surface area (Å²) in [5.41, 5.74) is 0. The Labute approximate surface area is 171 Å². The highest BCUT2D eigenvalue weighted by Crippen LogP contribution is 2.25. The van der Waals surface area contributed by atoms with Crippen LogP contribution in [-0.4, -0.2) is 50.8 Å². The lowest BCUT2D eigenvalue weighted by molar-refractivity contribution is -0.125. The summed E-state index contributed by atoms with van der Waals surface area (Å²) in [5.74, 6) is -0.419. The molecule has 1 aromatic carbocycles. The van der Waals surface area contributed by atoms with Crippen molar-refractivity contribution in [2.75, 3.05) is 13.2 Å². The molecule has 3 atom stereocenters. The van der Waals surface area contributed by atoms with E-state index in [1.165, 1.54) is 18.2 Å². The third kappa shape index (κ3) is 5.97. The molecule has 3 N–H and O–H groups in total. The van der Waals surface area contributed by atoms with Gasteiger partial charge < -0.3 is 15.2 Å². The molecule has 0 radical (unpaired) electrons. The molecule has 0 unspecified atom stereocenters. The molecule has 0 spiro atoms. The molecule has 3 rings (SSSR count). The molecule has 1 aliphatic carbocycles. The topological polar surface area (TPSA) is 105 Å². The average Bonchev–Trinajstić information content (AvgIpc) is 3.23. The number of carbonyl (C=O) groups excluding carboxylic acids is 1. The first-order chi connectivity index (χ1) is 13.9. The lowest BCUT2D eigenvalue weighted by atomic mass is 9.98. The van der Waals surface area contributed by atoms with Gasteiger partial charge in [-0.1, -0.05) is 18.9 Å². The van der Waals surface area contributed by atoms with Crippen molar-refractivity contribution in [1.29, 1.82) is 0 Å². The Morgan fingerprint density at radius 2 is 1.97 bits per heavy atom. The molecule has 1 amide bonds. The van der Waals surface area contributed by atoms with Gasteiger partial charge in [0.05, 0.1) is 29.8 Å². The van der Waals surface area contributed by atoms with Crippen molar-refractivity contribution in [3.8, 4) is 0 Å². The van der Waals surface area contributed by atoms with E-state index < -0.39 is 28.0 Å². The summed E-state index contributed by atoms with van der Waals surface area (Å²) in [5, 5.41) is 12.6. The van der Waals surface area contributed by atoms with Crippen molar-refractivity contribution in [3.05, 3.63) is 30.1 Å². The van der Waals surface area contributed by atoms with Crippen LogP contribution in [0, 0.1) is 11.7 Å². The van der Waals surface area contributed by atoms with E-state index >= 15 is 0 Å². The fourth-order valence-corrected chi connectivity index (χ4v) is 5.40. The quantitative estimate of drug-likeness (QED) is 0.585. The smallest absolute Gasteiger partial charge is 0.241 e. The number of ether oxygens (including phenoxy) is 1. The maximum atomic E-state index is 13.4. The van der Waals surface area contributed by atoms with Crippen molar-refractivity contribution in [3.63, 3.8) is 0 Å². The fraction of sp³-hybridized carbons (Fsp3) is 0.650. The molecule has 1 saturated carbocycles. The maximum absolute atomic E-state index is 13.4. The Kier molecular flexibility index (Phi) is 7.61. The van der Waals surface area contributed by atoms with Crippen LogP contribution in [0.3, 0.4) is 0 Å².